The maximum absolute atomic E-state index is 12.0. The fourth-order valence-corrected chi connectivity index (χ4v) is 2.51. The predicted octanol–water partition coefficient (Wildman–Crippen LogP) is 5.40. The first-order chi connectivity index (χ1) is 11.6. The van der Waals surface area contributed by atoms with Gasteiger partial charge < -0.3 is 15.1 Å². The number of carbonyl (C=O) groups is 1. The highest BCUT2D eigenvalue weighted by atomic mass is 16.3. The first kappa shape index (κ1) is 15.9. The van der Waals surface area contributed by atoms with E-state index in [0.29, 0.717) is 11.7 Å². The maximum Gasteiger partial charge on any atom is 0.291 e. The van der Waals surface area contributed by atoms with Crippen LogP contribution in [0.2, 0.25) is 0 Å². The molecule has 1 heterocycles. The molecule has 1 amide bonds. The third-order valence-electron chi connectivity index (χ3n) is 3.75. The normalized spacial score (nSPS) is 10.6. The molecule has 3 aromatic rings. The van der Waals surface area contributed by atoms with Gasteiger partial charge in [-0.3, -0.25) is 4.79 Å². The largest absolute Gasteiger partial charge is 0.459 e. The Morgan fingerprint density at radius 3 is 2.29 bits per heavy atom. The van der Waals surface area contributed by atoms with Crippen molar-refractivity contribution in [2.45, 2.75) is 19.8 Å². The second-order valence-corrected chi connectivity index (χ2v) is 5.88. The predicted molar refractivity (Wildman–Crippen MR) is 96.9 cm³/mol. The number of carbonyl (C=O) groups excluding carboxylic acids is 1. The summed E-state index contributed by atoms with van der Waals surface area (Å²) >= 11 is 0. The highest BCUT2D eigenvalue weighted by Gasteiger charge is 2.09. The van der Waals surface area contributed by atoms with Crippen molar-refractivity contribution in [1.29, 1.82) is 0 Å². The third-order valence-corrected chi connectivity index (χ3v) is 3.75. The molecule has 2 aromatic carbocycles. The summed E-state index contributed by atoms with van der Waals surface area (Å²) in [5, 5.41) is 6.24. The summed E-state index contributed by atoms with van der Waals surface area (Å²) in [7, 11) is 0. The van der Waals surface area contributed by atoms with Gasteiger partial charge in [-0.1, -0.05) is 32.0 Å². The number of amides is 1. The molecule has 4 nitrogen and oxygen atoms in total. The zero-order valence-corrected chi connectivity index (χ0v) is 13.7. The van der Waals surface area contributed by atoms with Crippen molar-refractivity contribution in [1.82, 2.24) is 0 Å². The van der Waals surface area contributed by atoms with Crippen LogP contribution < -0.4 is 10.6 Å². The number of anilines is 3. The van der Waals surface area contributed by atoms with Crippen molar-refractivity contribution in [3.63, 3.8) is 0 Å². The topological polar surface area (TPSA) is 54.3 Å². The number of para-hydroxylation sites is 1. The molecule has 2 N–H and O–H groups in total. The van der Waals surface area contributed by atoms with E-state index in [1.165, 1.54) is 11.8 Å². The van der Waals surface area contributed by atoms with Crippen LogP contribution in [0.1, 0.15) is 35.9 Å². The molecule has 0 saturated heterocycles. The van der Waals surface area contributed by atoms with E-state index in [1.807, 2.05) is 36.4 Å². The van der Waals surface area contributed by atoms with Crippen molar-refractivity contribution < 1.29 is 9.21 Å². The van der Waals surface area contributed by atoms with Crippen LogP contribution in [0, 0.1) is 0 Å². The maximum atomic E-state index is 12.0. The highest BCUT2D eigenvalue weighted by molar-refractivity contribution is 6.02. The van der Waals surface area contributed by atoms with Gasteiger partial charge in [-0.25, -0.2) is 0 Å². The molecule has 0 saturated carbocycles. The molecule has 0 fully saturated rings. The summed E-state index contributed by atoms with van der Waals surface area (Å²) in [5.74, 6) is 0.481. The molecule has 0 unspecified atom stereocenters. The van der Waals surface area contributed by atoms with Gasteiger partial charge in [0.15, 0.2) is 5.76 Å². The van der Waals surface area contributed by atoms with Crippen LogP contribution in [0.5, 0.6) is 0 Å². The Labute approximate surface area is 141 Å². The number of furan rings is 1. The van der Waals surface area contributed by atoms with Crippen LogP contribution in [-0.2, 0) is 0 Å². The zero-order valence-electron chi connectivity index (χ0n) is 13.7. The first-order valence-corrected chi connectivity index (χ1v) is 7.94. The lowest BCUT2D eigenvalue weighted by Gasteiger charge is -2.15. The van der Waals surface area contributed by atoms with Gasteiger partial charge in [0.1, 0.15) is 0 Å². The van der Waals surface area contributed by atoms with Gasteiger partial charge in [0.2, 0.25) is 0 Å². The van der Waals surface area contributed by atoms with Gasteiger partial charge in [-0.2, -0.15) is 0 Å². The zero-order chi connectivity index (χ0) is 16.9. The van der Waals surface area contributed by atoms with E-state index in [-0.39, 0.29) is 5.91 Å². The van der Waals surface area contributed by atoms with Gasteiger partial charge in [-0.05, 0) is 53.9 Å². The molecule has 0 spiro atoms. The van der Waals surface area contributed by atoms with Crippen molar-refractivity contribution in [3.05, 3.63) is 78.3 Å². The van der Waals surface area contributed by atoms with Crippen molar-refractivity contribution >= 4 is 23.0 Å². The van der Waals surface area contributed by atoms with Crippen LogP contribution in [0.25, 0.3) is 0 Å². The fraction of sp³-hybridized carbons (Fsp3) is 0.150. The number of rotatable bonds is 5. The molecule has 3 rings (SSSR count). The average molecular weight is 320 g/mol. The van der Waals surface area contributed by atoms with Crippen molar-refractivity contribution in [2.24, 2.45) is 0 Å². The molecule has 122 valence electrons. The van der Waals surface area contributed by atoms with Gasteiger partial charge in [0.25, 0.3) is 5.91 Å². The van der Waals surface area contributed by atoms with Crippen molar-refractivity contribution in [2.75, 3.05) is 10.6 Å². The summed E-state index contributed by atoms with van der Waals surface area (Å²) in [6, 6.07) is 19.2. The minimum atomic E-state index is -0.258. The van der Waals surface area contributed by atoms with E-state index in [0.717, 1.165) is 17.1 Å². The Kier molecular flexibility index (Phi) is 4.66. The Bertz CT molecular complexity index is 806. The van der Waals surface area contributed by atoms with E-state index < -0.39 is 0 Å². The number of hydrogen-bond acceptors (Lipinski definition) is 3. The standard InChI is InChI=1S/C20H20N2O2/c1-14(2)17-6-3-4-7-18(17)21-15-9-11-16(12-10-15)22-20(23)19-8-5-13-24-19/h3-14,21H,1-2H3,(H,22,23). The lowest BCUT2D eigenvalue weighted by Crippen LogP contribution is -2.10. The minimum Gasteiger partial charge on any atom is -0.459 e. The molecule has 0 aliphatic carbocycles. The number of benzene rings is 2. The van der Waals surface area contributed by atoms with Gasteiger partial charge >= 0.3 is 0 Å². The molecule has 0 aliphatic heterocycles. The monoisotopic (exact) mass is 320 g/mol. The Hall–Kier alpha value is -3.01. The van der Waals surface area contributed by atoms with E-state index in [1.54, 1.807) is 12.1 Å². The lowest BCUT2D eigenvalue weighted by atomic mass is 10.0. The van der Waals surface area contributed by atoms with Crippen LogP contribution in [0.4, 0.5) is 17.1 Å². The van der Waals surface area contributed by atoms with Crippen LogP contribution >= 0.6 is 0 Å². The molecule has 4 heteroatoms. The van der Waals surface area contributed by atoms with Gasteiger partial charge in [0.05, 0.1) is 6.26 Å². The second-order valence-electron chi connectivity index (χ2n) is 5.88. The summed E-state index contributed by atoms with van der Waals surface area (Å²) in [6.07, 6.45) is 1.48. The molecule has 24 heavy (non-hydrogen) atoms. The van der Waals surface area contributed by atoms with Crippen LogP contribution in [-0.4, -0.2) is 5.91 Å². The molecule has 0 aliphatic rings. The molecular formula is C20H20N2O2. The van der Waals surface area contributed by atoms with E-state index in [4.69, 9.17) is 4.42 Å². The van der Waals surface area contributed by atoms with E-state index >= 15 is 0 Å². The van der Waals surface area contributed by atoms with Crippen molar-refractivity contribution in [3.8, 4) is 0 Å². The van der Waals surface area contributed by atoms with E-state index in [2.05, 4.69) is 36.6 Å². The Morgan fingerprint density at radius 2 is 1.62 bits per heavy atom. The molecule has 1 aromatic heterocycles. The van der Waals surface area contributed by atoms with Gasteiger partial charge in [0, 0.05) is 17.1 Å². The molecule has 0 atom stereocenters. The highest BCUT2D eigenvalue weighted by Crippen LogP contribution is 2.27. The first-order valence-electron chi connectivity index (χ1n) is 7.94. The van der Waals surface area contributed by atoms with Gasteiger partial charge in [-0.15, -0.1) is 0 Å². The fourth-order valence-electron chi connectivity index (χ4n) is 2.51. The second kappa shape index (κ2) is 7.04. The average Bonchev–Trinajstić information content (AvgIpc) is 3.11. The minimum absolute atomic E-state index is 0.258. The van der Waals surface area contributed by atoms with Crippen LogP contribution in [0.15, 0.2) is 71.3 Å². The summed E-state index contributed by atoms with van der Waals surface area (Å²) in [6.45, 7) is 4.35. The lowest BCUT2D eigenvalue weighted by molar-refractivity contribution is 0.0996. The van der Waals surface area contributed by atoms with E-state index in [9.17, 15) is 4.79 Å². The summed E-state index contributed by atoms with van der Waals surface area (Å²) < 4.78 is 5.08. The quantitative estimate of drug-likeness (QED) is 0.662. The SMILES string of the molecule is CC(C)c1ccccc1Nc1ccc(NC(=O)c2ccco2)cc1. The summed E-state index contributed by atoms with van der Waals surface area (Å²) in [5.41, 5.74) is 4.06. The number of nitrogens with one attached hydrogen (secondary N) is 2. The molecule has 0 radical (unpaired) electrons. The molecule has 0 bridgehead atoms. The number of hydrogen-bond donors (Lipinski definition) is 2. The van der Waals surface area contributed by atoms with Crippen LogP contribution in [0.3, 0.4) is 0 Å². The smallest absolute Gasteiger partial charge is 0.291 e. The Balaban J connectivity index is 1.70. The third kappa shape index (κ3) is 3.66. The Morgan fingerprint density at radius 1 is 0.917 bits per heavy atom. The summed E-state index contributed by atoms with van der Waals surface area (Å²) in [4.78, 5) is 12.0. The molecular weight excluding hydrogens is 300 g/mol.